The van der Waals surface area contributed by atoms with Crippen LogP contribution in [0.15, 0.2) is 30.5 Å². The average molecular weight is 271 g/mol. The molecule has 6 nitrogen and oxygen atoms in total. The largest absolute Gasteiger partial charge is 0.381 e. The zero-order chi connectivity index (χ0) is 13.8. The highest BCUT2D eigenvalue weighted by Gasteiger charge is 2.20. The van der Waals surface area contributed by atoms with E-state index in [2.05, 4.69) is 20.3 Å². The van der Waals surface area contributed by atoms with E-state index in [0.29, 0.717) is 19.1 Å². The van der Waals surface area contributed by atoms with Gasteiger partial charge in [-0.25, -0.2) is 4.98 Å². The quantitative estimate of drug-likeness (QED) is 0.878. The summed E-state index contributed by atoms with van der Waals surface area (Å²) in [6.45, 7) is 2.10. The molecule has 0 aliphatic carbocycles. The van der Waals surface area contributed by atoms with E-state index < -0.39 is 0 Å². The number of anilines is 2. The van der Waals surface area contributed by atoms with Gasteiger partial charge in [0.1, 0.15) is 5.82 Å². The minimum absolute atomic E-state index is 0.290. The van der Waals surface area contributed by atoms with Crippen molar-refractivity contribution in [3.05, 3.63) is 41.9 Å². The van der Waals surface area contributed by atoms with Crippen LogP contribution in [0.3, 0.4) is 0 Å². The molecule has 0 amide bonds. The van der Waals surface area contributed by atoms with Gasteiger partial charge < -0.3 is 15.8 Å². The number of pyridine rings is 1. The Balaban J connectivity index is 1.72. The summed E-state index contributed by atoms with van der Waals surface area (Å²) in [4.78, 5) is 12.8. The summed E-state index contributed by atoms with van der Waals surface area (Å²) >= 11 is 0. The van der Waals surface area contributed by atoms with E-state index in [1.807, 2.05) is 24.3 Å². The average Bonchev–Trinajstić information content (AvgIpc) is 3.00. The molecule has 1 atom stereocenters. The van der Waals surface area contributed by atoms with Crippen LogP contribution in [0.2, 0.25) is 0 Å². The minimum atomic E-state index is 0.290. The molecule has 3 rings (SSSR count). The van der Waals surface area contributed by atoms with Gasteiger partial charge in [0.2, 0.25) is 5.95 Å². The first-order valence-corrected chi connectivity index (χ1v) is 6.67. The van der Waals surface area contributed by atoms with Gasteiger partial charge >= 0.3 is 0 Å². The van der Waals surface area contributed by atoms with Gasteiger partial charge in [-0.1, -0.05) is 6.07 Å². The lowest BCUT2D eigenvalue weighted by molar-refractivity contribution is 0.193. The van der Waals surface area contributed by atoms with Crippen LogP contribution in [-0.2, 0) is 11.3 Å². The number of nitrogens with zero attached hydrogens (tertiary/aromatic N) is 3. The van der Waals surface area contributed by atoms with Crippen molar-refractivity contribution in [2.45, 2.75) is 18.9 Å². The van der Waals surface area contributed by atoms with E-state index in [0.717, 1.165) is 30.2 Å². The van der Waals surface area contributed by atoms with Gasteiger partial charge in [-0.3, -0.25) is 4.98 Å². The number of hydrogen-bond donors (Lipinski definition) is 2. The number of hydrogen-bond acceptors (Lipinski definition) is 6. The molecule has 2 aromatic heterocycles. The van der Waals surface area contributed by atoms with E-state index in [4.69, 9.17) is 10.5 Å². The lowest BCUT2D eigenvalue weighted by Gasteiger charge is -2.11. The second-order valence-corrected chi connectivity index (χ2v) is 4.77. The third kappa shape index (κ3) is 3.03. The molecule has 6 heteroatoms. The Labute approximate surface area is 117 Å². The first-order valence-electron chi connectivity index (χ1n) is 6.67. The Kier molecular flexibility index (Phi) is 3.73. The number of nitrogens with two attached hydrogens (primary N) is 1. The van der Waals surface area contributed by atoms with Gasteiger partial charge in [-0.2, -0.15) is 4.98 Å². The van der Waals surface area contributed by atoms with E-state index in [9.17, 15) is 0 Å². The zero-order valence-electron chi connectivity index (χ0n) is 11.1. The number of aromatic nitrogens is 3. The van der Waals surface area contributed by atoms with Crippen LogP contribution in [0.4, 0.5) is 11.8 Å². The van der Waals surface area contributed by atoms with E-state index in [-0.39, 0.29) is 5.95 Å². The molecule has 0 radical (unpaired) electrons. The number of nitrogens with one attached hydrogen (secondary N) is 1. The fourth-order valence-corrected chi connectivity index (χ4v) is 2.24. The van der Waals surface area contributed by atoms with Gasteiger partial charge in [0, 0.05) is 24.8 Å². The number of rotatable bonds is 4. The molecule has 0 saturated carbocycles. The molecule has 3 N–H and O–H groups in total. The summed E-state index contributed by atoms with van der Waals surface area (Å²) in [6, 6.07) is 7.76. The third-order valence-corrected chi connectivity index (χ3v) is 3.29. The normalized spacial score (nSPS) is 18.1. The molecule has 1 saturated heterocycles. The van der Waals surface area contributed by atoms with Crippen LogP contribution in [0, 0.1) is 0 Å². The summed E-state index contributed by atoms with van der Waals surface area (Å²) in [6.07, 6.45) is 2.75. The molecule has 1 aliphatic rings. The standard InChI is InChI=1S/C14H17N5O/c15-14-18-12(10-4-6-20-9-10)7-13(19-14)17-8-11-3-1-2-5-16-11/h1-3,5,7,10H,4,6,8-9H2,(H3,15,17,18,19). The minimum Gasteiger partial charge on any atom is -0.381 e. The lowest BCUT2D eigenvalue weighted by Crippen LogP contribution is -2.09. The Bertz CT molecular complexity index is 569. The van der Waals surface area contributed by atoms with E-state index >= 15 is 0 Å². The maximum atomic E-state index is 5.78. The predicted molar refractivity (Wildman–Crippen MR) is 76.2 cm³/mol. The fourth-order valence-electron chi connectivity index (χ4n) is 2.24. The van der Waals surface area contributed by atoms with Crippen LogP contribution in [-0.4, -0.2) is 28.2 Å². The maximum Gasteiger partial charge on any atom is 0.222 e. The Morgan fingerprint density at radius 2 is 2.30 bits per heavy atom. The highest BCUT2D eigenvalue weighted by molar-refractivity contribution is 5.41. The number of ether oxygens (including phenoxy) is 1. The van der Waals surface area contributed by atoms with Gasteiger partial charge in [-0.05, 0) is 18.6 Å². The Hall–Kier alpha value is -2.21. The van der Waals surface area contributed by atoms with Crippen molar-refractivity contribution in [2.24, 2.45) is 0 Å². The van der Waals surface area contributed by atoms with E-state index in [1.54, 1.807) is 6.20 Å². The molecular formula is C14H17N5O. The molecule has 104 valence electrons. The van der Waals surface area contributed by atoms with Crippen LogP contribution >= 0.6 is 0 Å². The van der Waals surface area contributed by atoms with Crippen LogP contribution < -0.4 is 11.1 Å². The molecule has 2 aromatic rings. The highest BCUT2D eigenvalue weighted by atomic mass is 16.5. The lowest BCUT2D eigenvalue weighted by atomic mass is 10.0. The molecule has 1 fully saturated rings. The fraction of sp³-hybridized carbons (Fsp3) is 0.357. The molecule has 1 aliphatic heterocycles. The Morgan fingerprint density at radius 3 is 3.05 bits per heavy atom. The predicted octanol–water partition coefficient (Wildman–Crippen LogP) is 1.57. The molecular weight excluding hydrogens is 254 g/mol. The van der Waals surface area contributed by atoms with Crippen LogP contribution in [0.1, 0.15) is 23.7 Å². The molecule has 20 heavy (non-hydrogen) atoms. The first-order chi connectivity index (χ1) is 9.81. The second-order valence-electron chi connectivity index (χ2n) is 4.77. The van der Waals surface area contributed by atoms with Gasteiger partial charge in [0.05, 0.1) is 24.5 Å². The summed E-state index contributed by atoms with van der Waals surface area (Å²) in [7, 11) is 0. The third-order valence-electron chi connectivity index (χ3n) is 3.29. The molecule has 0 spiro atoms. The van der Waals surface area contributed by atoms with Crippen molar-refractivity contribution >= 4 is 11.8 Å². The van der Waals surface area contributed by atoms with Gasteiger partial charge in [0.25, 0.3) is 0 Å². The Morgan fingerprint density at radius 1 is 1.35 bits per heavy atom. The molecule has 3 heterocycles. The van der Waals surface area contributed by atoms with Crippen molar-refractivity contribution in [2.75, 3.05) is 24.3 Å². The van der Waals surface area contributed by atoms with Crippen molar-refractivity contribution in [1.82, 2.24) is 15.0 Å². The van der Waals surface area contributed by atoms with Crippen LogP contribution in [0.5, 0.6) is 0 Å². The molecule has 0 bridgehead atoms. The highest BCUT2D eigenvalue weighted by Crippen LogP contribution is 2.25. The van der Waals surface area contributed by atoms with E-state index in [1.165, 1.54) is 0 Å². The summed E-state index contributed by atoms with van der Waals surface area (Å²) in [5.41, 5.74) is 7.67. The first kappa shape index (κ1) is 12.8. The van der Waals surface area contributed by atoms with Crippen molar-refractivity contribution in [3.63, 3.8) is 0 Å². The van der Waals surface area contributed by atoms with Gasteiger partial charge in [-0.15, -0.1) is 0 Å². The summed E-state index contributed by atoms with van der Waals surface area (Å²) in [5.74, 6) is 1.33. The molecule has 0 aromatic carbocycles. The van der Waals surface area contributed by atoms with Crippen LogP contribution in [0.25, 0.3) is 0 Å². The van der Waals surface area contributed by atoms with Gasteiger partial charge in [0.15, 0.2) is 0 Å². The SMILES string of the molecule is Nc1nc(NCc2ccccn2)cc(C2CCOC2)n1. The maximum absolute atomic E-state index is 5.78. The summed E-state index contributed by atoms with van der Waals surface area (Å²) < 4.78 is 5.39. The van der Waals surface area contributed by atoms with Crippen molar-refractivity contribution < 1.29 is 4.74 Å². The topological polar surface area (TPSA) is 86.0 Å². The number of nitrogen functional groups attached to an aromatic ring is 1. The smallest absolute Gasteiger partial charge is 0.222 e. The second kappa shape index (κ2) is 5.83. The zero-order valence-corrected chi connectivity index (χ0v) is 11.1. The molecule has 1 unspecified atom stereocenters. The van der Waals surface area contributed by atoms with Crippen molar-refractivity contribution in [3.8, 4) is 0 Å². The monoisotopic (exact) mass is 271 g/mol. The summed E-state index contributed by atoms with van der Waals surface area (Å²) in [5, 5.41) is 3.23. The van der Waals surface area contributed by atoms with Crippen molar-refractivity contribution in [1.29, 1.82) is 0 Å².